The molecule has 0 unspecified atom stereocenters. The Hall–Kier alpha value is -1.25. The summed E-state index contributed by atoms with van der Waals surface area (Å²) in [6, 6.07) is 12.4. The average Bonchev–Trinajstić information content (AvgIpc) is 3.48. The van der Waals surface area contributed by atoms with Gasteiger partial charge < -0.3 is 0 Å². The monoisotopic (exact) mass is 681 g/mol. The molecule has 0 saturated carbocycles. The minimum atomic E-state index is -3.36. The molecule has 2 aliphatic heterocycles. The second-order valence-electron chi connectivity index (χ2n) is 7.11. The number of phenols is 1. The zero-order valence-electron chi connectivity index (χ0n) is 16.2. The third-order valence-electron chi connectivity index (χ3n) is 5.36. The van der Waals surface area contributed by atoms with E-state index in [1.807, 2.05) is 6.07 Å². The number of aromatic hydroxyl groups is 1. The molecule has 1 atom stereocenters. The Bertz CT molecular complexity index is 1230. The van der Waals surface area contributed by atoms with Crippen LogP contribution < -0.4 is 24.7 Å². The summed E-state index contributed by atoms with van der Waals surface area (Å²) in [5.74, 6) is 0.504. The molecule has 2 aliphatic rings. The van der Waals surface area contributed by atoms with Gasteiger partial charge in [-0.25, -0.2) is 0 Å². The van der Waals surface area contributed by atoms with Gasteiger partial charge in [0.2, 0.25) is 0 Å². The molecule has 3 aromatic rings. The first-order chi connectivity index (χ1) is 14.9. The van der Waals surface area contributed by atoms with Gasteiger partial charge in [-0.05, 0) is 0 Å². The Balaban J connectivity index is 1.33. The topological polar surface area (TPSA) is 87.6 Å². The molecular weight excluding hydrogens is 662 g/mol. The van der Waals surface area contributed by atoms with Crippen LogP contribution in [0.4, 0.5) is 5.69 Å². The van der Waals surface area contributed by atoms with Gasteiger partial charge in [0, 0.05) is 0 Å². The third kappa shape index (κ3) is 4.11. The van der Waals surface area contributed by atoms with Crippen molar-refractivity contribution in [2.45, 2.75) is 21.7 Å². The van der Waals surface area contributed by atoms with Crippen molar-refractivity contribution in [2.75, 3.05) is 15.9 Å². The summed E-state index contributed by atoms with van der Waals surface area (Å²) in [6.07, 6.45) is 3.32. The van der Waals surface area contributed by atoms with Gasteiger partial charge in [0.25, 0.3) is 0 Å². The van der Waals surface area contributed by atoms with Gasteiger partial charge in [0.05, 0.1) is 0 Å². The molecule has 1 aromatic heterocycles. The number of anilines is 1. The fourth-order valence-electron chi connectivity index (χ4n) is 3.90. The van der Waals surface area contributed by atoms with Crippen LogP contribution in [-0.4, -0.2) is 39.3 Å². The number of rotatable bonds is 5. The Morgan fingerprint density at radius 3 is 2.74 bits per heavy atom. The number of nitrogens with zero attached hydrogens (tertiary/aromatic N) is 2. The van der Waals surface area contributed by atoms with Crippen molar-refractivity contribution in [1.29, 1.82) is 0 Å². The quantitative estimate of drug-likeness (QED) is 0.242. The number of hydrogen-bond acceptors (Lipinski definition) is 6. The van der Waals surface area contributed by atoms with E-state index < -0.39 is 46.6 Å². The summed E-state index contributed by atoms with van der Waals surface area (Å²) in [6.45, 7) is 0.657. The van der Waals surface area contributed by atoms with Crippen molar-refractivity contribution in [3.05, 3.63) is 66.2 Å². The number of amides is 1. The fraction of sp³-hybridized carbons (Fsp3) is 0.238. The molecule has 2 aromatic carbocycles. The molecule has 0 radical (unpaired) electrons. The Labute approximate surface area is 200 Å². The predicted octanol–water partition coefficient (Wildman–Crippen LogP) is 0.534. The molecule has 1 amide bonds. The van der Waals surface area contributed by atoms with E-state index in [2.05, 4.69) is 11.1 Å². The van der Waals surface area contributed by atoms with Gasteiger partial charge in [-0.1, -0.05) is 0 Å². The van der Waals surface area contributed by atoms with Crippen LogP contribution in [-0.2, 0) is 18.2 Å². The molecular formula is C21H19I2N2O4S2-. The molecule has 6 nitrogen and oxygen atoms in total. The van der Waals surface area contributed by atoms with E-state index in [1.165, 1.54) is 14.9 Å². The Morgan fingerprint density at radius 2 is 2.00 bits per heavy atom. The molecule has 0 aliphatic carbocycles. The fourth-order valence-corrected chi connectivity index (χ4v) is 19.2. The van der Waals surface area contributed by atoms with Crippen molar-refractivity contribution in [2.24, 2.45) is 0 Å². The molecule has 1 fully saturated rings. The van der Waals surface area contributed by atoms with E-state index in [0.29, 0.717) is 20.2 Å². The molecule has 1 saturated heterocycles. The Morgan fingerprint density at radius 1 is 1.19 bits per heavy atom. The van der Waals surface area contributed by atoms with Crippen LogP contribution in [0.5, 0.6) is 5.75 Å². The third-order valence-corrected chi connectivity index (χ3v) is 21.0. The molecule has 5 rings (SSSR count). The van der Waals surface area contributed by atoms with E-state index in [-0.39, 0.29) is 9.83 Å². The number of halogens is 2. The number of hydrogen-bond donors (Lipinski definition) is 1. The second kappa shape index (κ2) is 8.60. The molecule has 10 heteroatoms. The molecule has 164 valence electrons. The number of fused-ring (bicyclic) bond motifs is 1. The average molecular weight is 681 g/mol. The number of thiazole rings is 1. The molecule has 0 spiro atoms. The number of carbonyl (C=O) groups excluding carboxylic acids is 1. The molecule has 0 bridgehead atoms. The van der Waals surface area contributed by atoms with Gasteiger partial charge in [0.15, 0.2) is 0 Å². The normalized spacial score (nSPS) is 19.9. The summed E-state index contributed by atoms with van der Waals surface area (Å²) in [4.78, 5) is 19.5. The van der Waals surface area contributed by atoms with Crippen LogP contribution in [0.25, 0.3) is 0 Å². The van der Waals surface area contributed by atoms with Crippen LogP contribution in [0, 0.1) is 6.58 Å². The number of alkyl halides is 2. The van der Waals surface area contributed by atoms with E-state index in [1.54, 1.807) is 46.8 Å². The second-order valence-corrected chi connectivity index (χ2v) is 22.1. The first-order valence-corrected chi connectivity index (χ1v) is 19.5. The first-order valence-electron chi connectivity index (χ1n) is 9.62. The van der Waals surface area contributed by atoms with Gasteiger partial charge in [-0.3, -0.25) is 0 Å². The van der Waals surface area contributed by atoms with E-state index >= 15 is 0 Å². The van der Waals surface area contributed by atoms with Crippen LogP contribution in [0.15, 0.2) is 58.9 Å². The van der Waals surface area contributed by atoms with Gasteiger partial charge in [-0.15, -0.1) is 0 Å². The summed E-state index contributed by atoms with van der Waals surface area (Å²) < 4.78 is 28.4. The molecule has 31 heavy (non-hydrogen) atoms. The number of benzene rings is 2. The summed E-state index contributed by atoms with van der Waals surface area (Å²) >= 11 is -1.58. The van der Waals surface area contributed by atoms with Gasteiger partial charge >= 0.3 is 202 Å². The minimum absolute atomic E-state index is 0.0476. The van der Waals surface area contributed by atoms with E-state index in [0.717, 1.165) is 28.5 Å². The maximum absolute atomic E-state index is 13.3. The van der Waals surface area contributed by atoms with Gasteiger partial charge in [0.1, 0.15) is 0 Å². The van der Waals surface area contributed by atoms with E-state index in [9.17, 15) is 18.3 Å². The van der Waals surface area contributed by atoms with Crippen LogP contribution >= 0.6 is 31.2 Å². The zero-order chi connectivity index (χ0) is 21.6. The van der Waals surface area contributed by atoms with Crippen molar-refractivity contribution in [1.82, 2.24) is 4.98 Å². The molecule has 1 N–H and O–H groups in total. The number of carbonyl (C=O) groups is 1. The van der Waals surface area contributed by atoms with Crippen molar-refractivity contribution < 1.29 is 38.1 Å². The predicted molar refractivity (Wildman–Crippen MR) is 125 cm³/mol. The van der Waals surface area contributed by atoms with Crippen molar-refractivity contribution in [3.63, 3.8) is 0 Å². The summed E-state index contributed by atoms with van der Waals surface area (Å²) in [7, 11) is -3.36. The van der Waals surface area contributed by atoms with Crippen LogP contribution in [0.3, 0.4) is 0 Å². The van der Waals surface area contributed by atoms with Crippen LogP contribution in [0.1, 0.15) is 12.0 Å². The molecule has 3 heterocycles. The summed E-state index contributed by atoms with van der Waals surface area (Å²) in [5, 5.41) is 11.9. The zero-order valence-corrected chi connectivity index (χ0v) is 22.2. The van der Waals surface area contributed by atoms with E-state index in [4.69, 9.17) is 0 Å². The number of phenolic OH excluding ortho intramolecular Hbond substituents is 1. The number of aromatic nitrogens is 1. The SMILES string of the molecule is O=C1[C@@H](I2CCc3c(O)cccc32)CCN1c1ccc(S(=O)(=O)[I-]c2nccs2)cc1. The van der Waals surface area contributed by atoms with Crippen LogP contribution in [0.2, 0.25) is 0 Å². The standard InChI is InChI=1S/C21H19I2N2O4S2/c26-19-3-1-2-17-16(19)8-10-23(17)18-9-12-25(20(18)27)14-4-6-15(7-5-14)31(28,29)22-21-24-11-13-30-21/h1-7,11,13,18,26H,8-10,12H2/q-1/t18-/m0/s1. The van der Waals surface area contributed by atoms with Crippen molar-refractivity contribution >= 4 is 49.8 Å². The Kier molecular flexibility index (Phi) is 5.99. The van der Waals surface area contributed by atoms with Gasteiger partial charge in [-0.2, -0.15) is 0 Å². The first kappa shape index (κ1) is 21.6. The van der Waals surface area contributed by atoms with Crippen molar-refractivity contribution in [3.8, 4) is 5.75 Å². The summed E-state index contributed by atoms with van der Waals surface area (Å²) in [5.41, 5.74) is 1.79. The maximum atomic E-state index is 13.3.